The molecule has 2 aromatic rings. The number of carbonyl (C=O) groups excluding carboxylic acids is 2. The third-order valence-corrected chi connectivity index (χ3v) is 8.08. The number of aliphatic hydroxyl groups excluding tert-OH is 2. The topological polar surface area (TPSA) is 171 Å². The van der Waals surface area contributed by atoms with Crippen molar-refractivity contribution in [3.05, 3.63) is 60.4 Å². The van der Waals surface area contributed by atoms with E-state index >= 15 is 0 Å². The molecule has 1 aromatic heterocycles. The van der Waals surface area contributed by atoms with Gasteiger partial charge in [0.15, 0.2) is 18.5 Å². The van der Waals surface area contributed by atoms with Crippen molar-refractivity contribution in [2.24, 2.45) is 11.7 Å². The highest BCUT2D eigenvalue weighted by atomic mass is 31.2. The summed E-state index contributed by atoms with van der Waals surface area (Å²) in [5.41, 5.74) is 5.51. The van der Waals surface area contributed by atoms with E-state index in [9.17, 15) is 24.4 Å². The Morgan fingerprint density at radius 3 is 2.46 bits per heavy atom. The maximum absolute atomic E-state index is 13.7. The number of nitrogens with zero attached hydrogens (tertiary/aromatic N) is 1. The second-order valence-corrected chi connectivity index (χ2v) is 11.0. The van der Waals surface area contributed by atoms with E-state index in [4.69, 9.17) is 24.3 Å². The smallest absolute Gasteiger partial charge is 0.459 e. The lowest BCUT2D eigenvalue weighted by Crippen LogP contribution is -2.46. The van der Waals surface area contributed by atoms with Crippen LogP contribution in [0.15, 0.2) is 54.9 Å². The molecule has 5 N–H and O–H groups in total. The van der Waals surface area contributed by atoms with Crippen LogP contribution < -0.4 is 19.9 Å². The van der Waals surface area contributed by atoms with Gasteiger partial charge in [-0.1, -0.05) is 44.9 Å². The molecule has 3 rings (SSSR count). The number of hydrogen-bond acceptors (Lipinski definition) is 9. The quantitative estimate of drug-likeness (QED) is 0.150. The normalized spacial score (nSPS) is 23.2. The van der Waals surface area contributed by atoms with E-state index in [0.717, 1.165) is 12.8 Å². The van der Waals surface area contributed by atoms with E-state index < -0.39 is 56.8 Å². The van der Waals surface area contributed by atoms with Gasteiger partial charge in [-0.2, -0.15) is 9.65 Å². The van der Waals surface area contributed by atoms with Crippen LogP contribution in [0.5, 0.6) is 5.75 Å². The number of nitrogens with one attached hydrogen (secondary N) is 1. The summed E-state index contributed by atoms with van der Waals surface area (Å²) in [6, 6.07) is 10.2. The first-order valence-electron chi connectivity index (χ1n) is 12.8. The Balaban J connectivity index is 1.71. The van der Waals surface area contributed by atoms with Crippen LogP contribution >= 0.6 is 7.75 Å². The molecule has 0 aliphatic carbocycles. The van der Waals surface area contributed by atoms with Crippen molar-refractivity contribution in [2.75, 3.05) is 13.2 Å². The van der Waals surface area contributed by atoms with Gasteiger partial charge < -0.3 is 29.9 Å². The van der Waals surface area contributed by atoms with Gasteiger partial charge in [-0.25, -0.2) is 4.57 Å². The summed E-state index contributed by atoms with van der Waals surface area (Å²) >= 11 is 0. The van der Waals surface area contributed by atoms with Crippen LogP contribution in [0.1, 0.15) is 50.2 Å². The van der Waals surface area contributed by atoms with Crippen LogP contribution in [0, 0.1) is 5.92 Å². The molecule has 1 aromatic carbocycles. The Kier molecular flexibility index (Phi) is 11.0. The predicted octanol–water partition coefficient (Wildman–Crippen LogP) is 1.85. The highest BCUT2D eigenvalue weighted by Crippen LogP contribution is 2.45. The van der Waals surface area contributed by atoms with E-state index in [1.54, 1.807) is 36.4 Å². The zero-order chi connectivity index (χ0) is 28.6. The molecular formula is C26H37N3O9P+. The number of ether oxygens (including phenoxy) is 2. The molecule has 0 radical (unpaired) electrons. The maximum atomic E-state index is 13.7. The van der Waals surface area contributed by atoms with Crippen molar-refractivity contribution in [1.82, 2.24) is 5.09 Å². The molecule has 0 saturated carbocycles. The van der Waals surface area contributed by atoms with Gasteiger partial charge in [0.05, 0.1) is 13.2 Å². The molecule has 6 atom stereocenters. The average molecular weight is 567 g/mol. The van der Waals surface area contributed by atoms with E-state index in [1.807, 2.05) is 13.8 Å². The SMILES string of the molecule is CCC(CC)COC(=O)C(C)NP(=O)(OCC1O[C@@H]([n+]2cccc(C(N)=O)c2)[C@H](O)[C@@H]1O)Oc1ccccc1. The fraction of sp³-hybridized carbons (Fsp3) is 0.500. The molecule has 39 heavy (non-hydrogen) atoms. The molecule has 1 aliphatic heterocycles. The van der Waals surface area contributed by atoms with Gasteiger partial charge in [0, 0.05) is 6.07 Å². The van der Waals surface area contributed by atoms with Crippen molar-refractivity contribution in [3.63, 3.8) is 0 Å². The average Bonchev–Trinajstić information content (AvgIpc) is 3.21. The maximum Gasteiger partial charge on any atom is 0.459 e. The van der Waals surface area contributed by atoms with Crippen molar-refractivity contribution in [2.45, 2.75) is 64.2 Å². The zero-order valence-electron chi connectivity index (χ0n) is 22.2. The van der Waals surface area contributed by atoms with Crippen molar-refractivity contribution >= 4 is 19.6 Å². The zero-order valence-corrected chi connectivity index (χ0v) is 23.1. The Labute approximate surface area is 227 Å². The molecule has 0 spiro atoms. The Hall–Kier alpha value is -2.86. The largest absolute Gasteiger partial charge is 0.464 e. The number of aromatic nitrogens is 1. The molecule has 0 bridgehead atoms. The van der Waals surface area contributed by atoms with Crippen LogP contribution in [-0.2, 0) is 23.4 Å². The van der Waals surface area contributed by atoms with Crippen molar-refractivity contribution < 1.29 is 47.5 Å². The van der Waals surface area contributed by atoms with Gasteiger partial charge in [0.1, 0.15) is 29.6 Å². The number of aliphatic hydroxyl groups is 2. The van der Waals surface area contributed by atoms with Gasteiger partial charge in [-0.15, -0.1) is 0 Å². The molecule has 1 saturated heterocycles. The molecule has 2 heterocycles. The lowest BCUT2D eigenvalue weighted by Gasteiger charge is -2.24. The molecule has 13 heteroatoms. The summed E-state index contributed by atoms with van der Waals surface area (Å²) in [7, 11) is -4.22. The molecule has 1 fully saturated rings. The van der Waals surface area contributed by atoms with Crippen LogP contribution in [0.3, 0.4) is 0 Å². The third kappa shape index (κ3) is 8.31. The number of amides is 1. The van der Waals surface area contributed by atoms with Crippen LogP contribution in [0.2, 0.25) is 0 Å². The van der Waals surface area contributed by atoms with Crippen molar-refractivity contribution in [1.29, 1.82) is 0 Å². The second kappa shape index (κ2) is 14.0. The Morgan fingerprint density at radius 1 is 1.13 bits per heavy atom. The van der Waals surface area contributed by atoms with Gasteiger partial charge >= 0.3 is 13.7 Å². The second-order valence-electron chi connectivity index (χ2n) is 9.31. The van der Waals surface area contributed by atoms with Crippen LogP contribution in [0.4, 0.5) is 0 Å². The summed E-state index contributed by atoms with van der Waals surface area (Å²) in [5.74, 6) is -0.863. The predicted molar refractivity (Wildman–Crippen MR) is 139 cm³/mol. The minimum Gasteiger partial charge on any atom is -0.464 e. The minimum atomic E-state index is -4.22. The summed E-state index contributed by atoms with van der Waals surface area (Å²) in [6.07, 6.45) is -0.392. The minimum absolute atomic E-state index is 0.178. The number of benzene rings is 1. The summed E-state index contributed by atoms with van der Waals surface area (Å²) in [5, 5.41) is 23.8. The van der Waals surface area contributed by atoms with E-state index in [-0.39, 0.29) is 23.8 Å². The van der Waals surface area contributed by atoms with Gasteiger partial charge in [-0.3, -0.25) is 14.1 Å². The number of rotatable bonds is 14. The monoisotopic (exact) mass is 566 g/mol. The number of pyridine rings is 1. The molecule has 1 aliphatic rings. The molecular weight excluding hydrogens is 529 g/mol. The summed E-state index contributed by atoms with van der Waals surface area (Å²) in [4.78, 5) is 24.1. The highest BCUT2D eigenvalue weighted by Gasteiger charge is 2.49. The standard InChI is InChI=1S/C26H36N3O9P/c1-4-18(5-2)15-35-26(33)17(3)28-39(34,38-20-11-7-6-8-12-20)36-16-21-22(30)23(31)25(37-21)29-13-9-10-19(14-29)24(27)32/h6-14,17-18,21-23,25,30-31H,4-5,15-16H2,1-3H3,(H2-,27,28,32,34)/p+1/t17?,21?,22-,23-,25-,39?/m1/s1. The van der Waals surface area contributed by atoms with Crippen molar-refractivity contribution in [3.8, 4) is 5.75 Å². The van der Waals surface area contributed by atoms with Crippen LogP contribution in [-0.4, -0.2) is 59.7 Å². The summed E-state index contributed by atoms with van der Waals surface area (Å²) in [6.45, 7) is 5.26. The molecule has 1 amide bonds. The first kappa shape index (κ1) is 30.7. The van der Waals surface area contributed by atoms with Gasteiger partial charge in [0.25, 0.3) is 12.1 Å². The number of primary amides is 1. The number of carbonyl (C=O) groups is 2. The first-order chi connectivity index (χ1) is 18.6. The first-order valence-corrected chi connectivity index (χ1v) is 14.4. The number of esters is 1. The molecule has 12 nitrogen and oxygen atoms in total. The molecule has 214 valence electrons. The number of nitrogens with two attached hydrogens (primary N) is 1. The fourth-order valence-electron chi connectivity index (χ4n) is 3.93. The molecule has 3 unspecified atom stereocenters. The van der Waals surface area contributed by atoms with E-state index in [2.05, 4.69) is 5.09 Å². The third-order valence-electron chi connectivity index (χ3n) is 6.44. The number of hydrogen-bond donors (Lipinski definition) is 4. The number of para-hydroxylation sites is 1. The fourth-order valence-corrected chi connectivity index (χ4v) is 5.43. The highest BCUT2D eigenvalue weighted by molar-refractivity contribution is 7.52. The van der Waals surface area contributed by atoms with Gasteiger partial charge in [-0.05, 0) is 31.0 Å². The lowest BCUT2D eigenvalue weighted by molar-refractivity contribution is -0.765. The van der Waals surface area contributed by atoms with E-state index in [0.29, 0.717) is 0 Å². The van der Waals surface area contributed by atoms with E-state index in [1.165, 1.54) is 30.0 Å². The summed E-state index contributed by atoms with van der Waals surface area (Å²) < 4.78 is 37.5. The Morgan fingerprint density at radius 2 is 1.82 bits per heavy atom. The van der Waals surface area contributed by atoms with Crippen LogP contribution in [0.25, 0.3) is 0 Å². The Bertz CT molecular complexity index is 1150. The van der Waals surface area contributed by atoms with Gasteiger partial charge in [0.2, 0.25) is 0 Å². The lowest BCUT2D eigenvalue weighted by atomic mass is 10.1.